The Bertz CT molecular complexity index is 798. The fourth-order valence-corrected chi connectivity index (χ4v) is 2.09. The lowest BCUT2D eigenvalue weighted by Gasteiger charge is -2.14. The molecule has 0 saturated carbocycles. The first-order valence-corrected chi connectivity index (χ1v) is 7.49. The molecule has 8 heteroatoms. The third-order valence-corrected chi connectivity index (χ3v) is 3.49. The fourth-order valence-electron chi connectivity index (χ4n) is 1.76. The van der Waals surface area contributed by atoms with Crippen LogP contribution in [0.15, 0.2) is 40.9 Å². The van der Waals surface area contributed by atoms with Crippen molar-refractivity contribution in [1.29, 1.82) is 0 Å². The normalized spacial score (nSPS) is 11.7. The average Bonchev–Trinajstić information content (AvgIpc) is 2.49. The van der Waals surface area contributed by atoms with E-state index in [9.17, 15) is 22.8 Å². The molecule has 0 radical (unpaired) electrons. The maximum absolute atomic E-state index is 13.7. The van der Waals surface area contributed by atoms with Gasteiger partial charge in [-0.2, -0.15) is 0 Å². The molecule has 0 aromatic heterocycles. The highest BCUT2D eigenvalue weighted by Crippen LogP contribution is 2.18. The van der Waals surface area contributed by atoms with Crippen LogP contribution in [0.4, 0.5) is 18.9 Å². The molecule has 0 fully saturated rings. The second-order valence-corrected chi connectivity index (χ2v) is 5.70. The second-order valence-electron chi connectivity index (χ2n) is 4.79. The van der Waals surface area contributed by atoms with Crippen LogP contribution in [0.5, 0.6) is 0 Å². The molecule has 0 spiro atoms. The summed E-state index contributed by atoms with van der Waals surface area (Å²) in [6.45, 7) is 1.24. The van der Waals surface area contributed by atoms with E-state index in [0.717, 1.165) is 18.2 Å². The molecule has 1 atom stereocenters. The van der Waals surface area contributed by atoms with E-state index in [1.165, 1.54) is 19.1 Å². The van der Waals surface area contributed by atoms with Crippen LogP contribution in [-0.4, -0.2) is 18.0 Å². The monoisotopic (exact) mass is 401 g/mol. The minimum absolute atomic E-state index is 0.265. The topological polar surface area (TPSA) is 55.4 Å². The van der Waals surface area contributed by atoms with Gasteiger partial charge in [-0.3, -0.25) is 4.79 Å². The number of anilines is 1. The summed E-state index contributed by atoms with van der Waals surface area (Å²) in [5.74, 6) is -4.46. The van der Waals surface area contributed by atoms with Crippen LogP contribution in [-0.2, 0) is 9.53 Å². The van der Waals surface area contributed by atoms with Crippen LogP contribution in [0.1, 0.15) is 17.3 Å². The Morgan fingerprint density at radius 2 is 1.79 bits per heavy atom. The van der Waals surface area contributed by atoms with E-state index in [4.69, 9.17) is 4.74 Å². The van der Waals surface area contributed by atoms with E-state index in [-0.39, 0.29) is 11.3 Å². The number of nitrogens with one attached hydrogen (secondary N) is 1. The van der Waals surface area contributed by atoms with Crippen LogP contribution in [0, 0.1) is 17.5 Å². The number of carbonyl (C=O) groups is 2. The van der Waals surface area contributed by atoms with Gasteiger partial charge in [-0.1, -0.05) is 15.9 Å². The van der Waals surface area contributed by atoms with Gasteiger partial charge in [0.2, 0.25) is 0 Å². The maximum atomic E-state index is 13.7. The summed E-state index contributed by atoms with van der Waals surface area (Å²) >= 11 is 3.05. The zero-order valence-electron chi connectivity index (χ0n) is 12.3. The zero-order chi connectivity index (χ0) is 17.9. The highest BCUT2D eigenvalue weighted by Gasteiger charge is 2.22. The number of rotatable bonds is 4. The molecule has 0 aliphatic heterocycles. The molecular weight excluding hydrogens is 391 g/mol. The molecule has 2 aromatic rings. The molecule has 1 N–H and O–H groups in total. The Morgan fingerprint density at radius 3 is 2.42 bits per heavy atom. The van der Waals surface area contributed by atoms with Gasteiger partial charge in [-0.05, 0) is 37.3 Å². The molecule has 1 amide bonds. The number of hydrogen-bond acceptors (Lipinski definition) is 3. The summed E-state index contributed by atoms with van der Waals surface area (Å²) in [7, 11) is 0. The number of hydrogen-bond donors (Lipinski definition) is 1. The predicted octanol–water partition coefficient (Wildman–Crippen LogP) is 4.05. The third-order valence-electron chi connectivity index (χ3n) is 2.99. The fraction of sp³-hybridized carbons (Fsp3) is 0.125. The van der Waals surface area contributed by atoms with Crippen molar-refractivity contribution < 1.29 is 27.5 Å². The lowest BCUT2D eigenvalue weighted by atomic mass is 10.2. The summed E-state index contributed by atoms with van der Waals surface area (Å²) in [5, 5.41) is 2.16. The molecule has 0 saturated heterocycles. The van der Waals surface area contributed by atoms with Gasteiger partial charge in [-0.25, -0.2) is 18.0 Å². The lowest BCUT2D eigenvalue weighted by molar-refractivity contribution is -0.123. The summed E-state index contributed by atoms with van der Waals surface area (Å²) in [6.07, 6.45) is -1.31. The van der Waals surface area contributed by atoms with Gasteiger partial charge in [0.15, 0.2) is 6.10 Å². The van der Waals surface area contributed by atoms with Crippen LogP contribution in [0.2, 0.25) is 0 Å². The van der Waals surface area contributed by atoms with Gasteiger partial charge >= 0.3 is 5.97 Å². The molecule has 126 valence electrons. The Labute approximate surface area is 143 Å². The summed E-state index contributed by atoms with van der Waals surface area (Å²) in [6, 6.07) is 6.32. The molecule has 0 aliphatic carbocycles. The number of benzene rings is 2. The second kappa shape index (κ2) is 7.48. The minimum atomic E-state index is -1.31. The lowest BCUT2D eigenvalue weighted by Crippen LogP contribution is -2.30. The first kappa shape index (κ1) is 18.0. The molecule has 0 aliphatic rings. The molecule has 24 heavy (non-hydrogen) atoms. The van der Waals surface area contributed by atoms with Crippen LogP contribution in [0.3, 0.4) is 0 Å². The summed E-state index contributed by atoms with van der Waals surface area (Å²) in [5.41, 5.74) is -0.607. The van der Waals surface area contributed by atoms with Gasteiger partial charge < -0.3 is 10.1 Å². The number of ether oxygens (including phenoxy) is 1. The number of carbonyl (C=O) groups excluding carboxylic acids is 2. The van der Waals surface area contributed by atoms with Crippen molar-refractivity contribution in [1.82, 2.24) is 0 Å². The van der Waals surface area contributed by atoms with Gasteiger partial charge in [0, 0.05) is 10.5 Å². The first-order chi connectivity index (χ1) is 11.3. The van der Waals surface area contributed by atoms with Crippen molar-refractivity contribution in [2.24, 2.45) is 0 Å². The van der Waals surface area contributed by atoms with E-state index >= 15 is 0 Å². The molecule has 0 bridgehead atoms. The Balaban J connectivity index is 2.04. The first-order valence-electron chi connectivity index (χ1n) is 6.70. The van der Waals surface area contributed by atoms with Gasteiger partial charge in [0.25, 0.3) is 5.91 Å². The van der Waals surface area contributed by atoms with Crippen molar-refractivity contribution in [2.75, 3.05) is 5.32 Å². The highest BCUT2D eigenvalue weighted by atomic mass is 79.9. The predicted molar refractivity (Wildman–Crippen MR) is 84.0 cm³/mol. The zero-order valence-corrected chi connectivity index (χ0v) is 13.9. The van der Waals surface area contributed by atoms with Crippen LogP contribution in [0.25, 0.3) is 0 Å². The largest absolute Gasteiger partial charge is 0.449 e. The van der Waals surface area contributed by atoms with Crippen LogP contribution >= 0.6 is 15.9 Å². The number of amides is 1. The van der Waals surface area contributed by atoms with Crippen molar-refractivity contribution >= 4 is 33.5 Å². The molecule has 2 rings (SSSR count). The van der Waals surface area contributed by atoms with Crippen molar-refractivity contribution in [3.63, 3.8) is 0 Å². The van der Waals surface area contributed by atoms with Crippen molar-refractivity contribution in [3.05, 3.63) is 63.9 Å². The standard InChI is InChI=1S/C16H11BrF3NO3/c1-8(15(22)21-14-5-3-10(18)7-13(14)20)24-16(23)11-4-2-9(17)6-12(11)19/h2-8H,1H3,(H,21,22)/t8-/m0/s1. The van der Waals surface area contributed by atoms with E-state index < -0.39 is 35.4 Å². The number of halogens is 4. The van der Waals surface area contributed by atoms with E-state index in [1.54, 1.807) is 0 Å². The van der Waals surface area contributed by atoms with Crippen molar-refractivity contribution in [3.8, 4) is 0 Å². The minimum Gasteiger partial charge on any atom is -0.449 e. The molecular formula is C16H11BrF3NO3. The van der Waals surface area contributed by atoms with E-state index in [0.29, 0.717) is 10.5 Å². The Kier molecular flexibility index (Phi) is 5.61. The molecule has 0 unspecified atom stereocenters. The Morgan fingerprint density at radius 1 is 1.08 bits per heavy atom. The Hall–Kier alpha value is -2.35. The molecule has 2 aromatic carbocycles. The molecule has 4 nitrogen and oxygen atoms in total. The van der Waals surface area contributed by atoms with Crippen LogP contribution < -0.4 is 5.32 Å². The SMILES string of the molecule is C[C@H](OC(=O)c1ccc(Br)cc1F)C(=O)Nc1ccc(F)cc1F. The summed E-state index contributed by atoms with van der Waals surface area (Å²) in [4.78, 5) is 23.8. The highest BCUT2D eigenvalue weighted by molar-refractivity contribution is 9.10. The van der Waals surface area contributed by atoms with Gasteiger partial charge in [-0.15, -0.1) is 0 Å². The van der Waals surface area contributed by atoms with Gasteiger partial charge in [0.1, 0.15) is 17.5 Å². The van der Waals surface area contributed by atoms with E-state index in [1.807, 2.05) is 0 Å². The average molecular weight is 402 g/mol. The maximum Gasteiger partial charge on any atom is 0.341 e. The molecule has 0 heterocycles. The summed E-state index contributed by atoms with van der Waals surface area (Å²) < 4.78 is 45.2. The number of esters is 1. The van der Waals surface area contributed by atoms with Crippen molar-refractivity contribution in [2.45, 2.75) is 13.0 Å². The van der Waals surface area contributed by atoms with E-state index in [2.05, 4.69) is 21.2 Å². The third kappa shape index (κ3) is 4.35. The quantitative estimate of drug-likeness (QED) is 0.786. The van der Waals surface area contributed by atoms with Gasteiger partial charge in [0.05, 0.1) is 11.3 Å². The smallest absolute Gasteiger partial charge is 0.341 e.